The summed E-state index contributed by atoms with van der Waals surface area (Å²) >= 11 is 2.80. The molecule has 2 aromatic heterocycles. The van der Waals surface area contributed by atoms with Crippen molar-refractivity contribution in [3.05, 3.63) is 39.4 Å². The summed E-state index contributed by atoms with van der Waals surface area (Å²) in [4.78, 5) is 1.05. The summed E-state index contributed by atoms with van der Waals surface area (Å²) in [5.74, 6) is 0. The quantitative estimate of drug-likeness (QED) is 0.820. The molecule has 0 spiro atoms. The number of aliphatic hydroxyl groups excluding tert-OH is 1. The smallest absolute Gasteiger partial charge is 0.250 e. The molecule has 2 aromatic rings. The highest BCUT2D eigenvalue weighted by molar-refractivity contribution is 7.91. The standard InChI is InChI=1S/C13H17NO3S3/c1-2-11-3-4-13(19-11)20(16,17)14-7-5-12(15)10-6-8-18-9-10/h3-4,6,8-9,12,14-15H,2,5,7H2,1H3/t12-/m1/s1. The minimum atomic E-state index is -3.45. The van der Waals surface area contributed by atoms with Gasteiger partial charge in [0.1, 0.15) is 4.21 Å². The van der Waals surface area contributed by atoms with Crippen molar-refractivity contribution in [1.29, 1.82) is 0 Å². The van der Waals surface area contributed by atoms with Gasteiger partial charge in [-0.15, -0.1) is 11.3 Å². The van der Waals surface area contributed by atoms with Crippen LogP contribution < -0.4 is 4.72 Å². The summed E-state index contributed by atoms with van der Waals surface area (Å²) in [5.41, 5.74) is 0.832. The SMILES string of the molecule is CCc1ccc(S(=O)(=O)NCC[C@@H](O)c2ccsc2)s1. The zero-order chi connectivity index (χ0) is 14.6. The lowest BCUT2D eigenvalue weighted by Crippen LogP contribution is -2.25. The van der Waals surface area contributed by atoms with Crippen molar-refractivity contribution in [3.8, 4) is 0 Å². The molecule has 20 heavy (non-hydrogen) atoms. The number of sulfonamides is 1. The van der Waals surface area contributed by atoms with E-state index in [1.807, 2.05) is 29.8 Å². The zero-order valence-corrected chi connectivity index (χ0v) is 13.5. The summed E-state index contributed by atoms with van der Waals surface area (Å²) in [7, 11) is -3.45. The van der Waals surface area contributed by atoms with E-state index in [4.69, 9.17) is 0 Å². The van der Waals surface area contributed by atoms with Crippen LogP contribution in [0, 0.1) is 0 Å². The van der Waals surface area contributed by atoms with Crippen LogP contribution in [0.3, 0.4) is 0 Å². The molecule has 110 valence electrons. The minimum absolute atomic E-state index is 0.221. The Labute approximate surface area is 127 Å². The van der Waals surface area contributed by atoms with Crippen molar-refractivity contribution in [2.24, 2.45) is 0 Å². The van der Waals surface area contributed by atoms with E-state index in [2.05, 4.69) is 4.72 Å². The molecular formula is C13H17NO3S3. The number of aryl methyl sites for hydroxylation is 1. The molecule has 2 rings (SSSR count). The molecule has 0 aliphatic carbocycles. The second-order valence-electron chi connectivity index (χ2n) is 4.33. The molecule has 0 aliphatic heterocycles. The van der Waals surface area contributed by atoms with E-state index in [1.54, 1.807) is 6.07 Å². The van der Waals surface area contributed by atoms with E-state index in [9.17, 15) is 13.5 Å². The predicted octanol–water partition coefficient (Wildman–Crippen LogP) is 2.77. The van der Waals surface area contributed by atoms with Gasteiger partial charge in [-0.1, -0.05) is 6.92 Å². The lowest BCUT2D eigenvalue weighted by Gasteiger charge is -2.09. The number of hydrogen-bond acceptors (Lipinski definition) is 5. The molecule has 7 heteroatoms. The van der Waals surface area contributed by atoms with Gasteiger partial charge in [0.05, 0.1) is 6.10 Å². The Bertz CT molecular complexity index is 632. The zero-order valence-electron chi connectivity index (χ0n) is 11.1. The van der Waals surface area contributed by atoms with Crippen molar-refractivity contribution in [2.45, 2.75) is 30.1 Å². The molecule has 0 bridgehead atoms. The molecule has 0 aliphatic rings. The Morgan fingerprint density at radius 1 is 1.35 bits per heavy atom. The molecule has 4 nitrogen and oxygen atoms in total. The van der Waals surface area contributed by atoms with Crippen LogP contribution in [0.1, 0.15) is 29.9 Å². The van der Waals surface area contributed by atoms with Gasteiger partial charge in [-0.25, -0.2) is 13.1 Å². The topological polar surface area (TPSA) is 66.4 Å². The van der Waals surface area contributed by atoms with Crippen molar-refractivity contribution in [3.63, 3.8) is 0 Å². The summed E-state index contributed by atoms with van der Waals surface area (Å²) in [6, 6.07) is 5.30. The second kappa shape index (κ2) is 6.82. The molecule has 0 saturated heterocycles. The fourth-order valence-electron chi connectivity index (χ4n) is 1.73. The Kier molecular flexibility index (Phi) is 5.34. The monoisotopic (exact) mass is 331 g/mol. The Balaban J connectivity index is 1.89. The first-order valence-electron chi connectivity index (χ1n) is 6.31. The number of nitrogens with one attached hydrogen (secondary N) is 1. The summed E-state index contributed by atoms with van der Waals surface area (Å²) < 4.78 is 27.0. The van der Waals surface area contributed by atoms with E-state index in [-0.39, 0.29) is 6.54 Å². The Hall–Kier alpha value is -0.730. The molecule has 0 radical (unpaired) electrons. The first-order chi connectivity index (χ1) is 9.53. The van der Waals surface area contributed by atoms with Gasteiger partial charge in [-0.2, -0.15) is 11.3 Å². The van der Waals surface area contributed by atoms with E-state index >= 15 is 0 Å². The van der Waals surface area contributed by atoms with Gasteiger partial charge in [-0.05, 0) is 47.4 Å². The van der Waals surface area contributed by atoms with Crippen molar-refractivity contribution in [1.82, 2.24) is 4.72 Å². The van der Waals surface area contributed by atoms with E-state index < -0.39 is 16.1 Å². The lowest BCUT2D eigenvalue weighted by atomic mass is 10.1. The van der Waals surface area contributed by atoms with Crippen LogP contribution in [0.25, 0.3) is 0 Å². The van der Waals surface area contributed by atoms with Gasteiger partial charge in [0.15, 0.2) is 0 Å². The molecule has 2 N–H and O–H groups in total. The molecular weight excluding hydrogens is 314 g/mol. The maximum atomic E-state index is 12.0. The molecule has 2 heterocycles. The first-order valence-corrected chi connectivity index (χ1v) is 9.55. The van der Waals surface area contributed by atoms with Gasteiger partial charge in [0, 0.05) is 11.4 Å². The normalized spacial score (nSPS) is 13.5. The highest BCUT2D eigenvalue weighted by Crippen LogP contribution is 2.22. The molecule has 0 unspecified atom stereocenters. The largest absolute Gasteiger partial charge is 0.388 e. The maximum Gasteiger partial charge on any atom is 0.250 e. The molecule has 0 amide bonds. The van der Waals surface area contributed by atoms with Crippen LogP contribution in [0.5, 0.6) is 0 Å². The van der Waals surface area contributed by atoms with Crippen molar-refractivity contribution >= 4 is 32.7 Å². The number of thiophene rings is 2. The highest BCUT2D eigenvalue weighted by atomic mass is 32.2. The number of aliphatic hydroxyl groups is 1. The number of rotatable bonds is 7. The summed E-state index contributed by atoms with van der Waals surface area (Å²) in [5, 5.41) is 13.6. The summed E-state index contributed by atoms with van der Waals surface area (Å²) in [6.45, 7) is 2.21. The third-order valence-corrected chi connectivity index (χ3v) is 6.77. The van der Waals surface area contributed by atoms with E-state index in [1.165, 1.54) is 22.7 Å². The van der Waals surface area contributed by atoms with Crippen LogP contribution in [0.15, 0.2) is 33.2 Å². The third-order valence-electron chi connectivity index (χ3n) is 2.89. The second-order valence-corrected chi connectivity index (χ2v) is 8.28. The summed E-state index contributed by atoms with van der Waals surface area (Å²) in [6.07, 6.45) is 0.567. The molecule has 0 saturated carbocycles. The minimum Gasteiger partial charge on any atom is -0.388 e. The first kappa shape index (κ1) is 15.7. The molecule has 0 fully saturated rings. The van der Waals surface area contributed by atoms with E-state index in [0.29, 0.717) is 10.6 Å². The van der Waals surface area contributed by atoms with Gasteiger partial charge in [0.25, 0.3) is 0 Å². The Morgan fingerprint density at radius 3 is 2.75 bits per heavy atom. The van der Waals surface area contributed by atoms with Crippen molar-refractivity contribution < 1.29 is 13.5 Å². The fraction of sp³-hybridized carbons (Fsp3) is 0.385. The average Bonchev–Trinajstić information content (AvgIpc) is 3.10. The highest BCUT2D eigenvalue weighted by Gasteiger charge is 2.17. The van der Waals surface area contributed by atoms with Crippen LogP contribution in [-0.4, -0.2) is 20.1 Å². The fourth-order valence-corrected chi connectivity index (χ4v) is 4.82. The Morgan fingerprint density at radius 2 is 2.15 bits per heavy atom. The van der Waals surface area contributed by atoms with Crippen LogP contribution in [0.4, 0.5) is 0 Å². The van der Waals surface area contributed by atoms with Crippen LogP contribution in [0.2, 0.25) is 0 Å². The lowest BCUT2D eigenvalue weighted by molar-refractivity contribution is 0.169. The van der Waals surface area contributed by atoms with Crippen molar-refractivity contribution in [2.75, 3.05) is 6.54 Å². The third kappa shape index (κ3) is 3.89. The van der Waals surface area contributed by atoms with Crippen LogP contribution >= 0.6 is 22.7 Å². The van der Waals surface area contributed by atoms with Gasteiger partial charge in [0.2, 0.25) is 10.0 Å². The van der Waals surface area contributed by atoms with Gasteiger partial charge >= 0.3 is 0 Å². The van der Waals surface area contributed by atoms with E-state index in [0.717, 1.165) is 16.9 Å². The predicted molar refractivity (Wildman–Crippen MR) is 82.8 cm³/mol. The molecule has 0 aromatic carbocycles. The maximum absolute atomic E-state index is 12.0. The van der Waals surface area contributed by atoms with Crippen LogP contribution in [-0.2, 0) is 16.4 Å². The average molecular weight is 331 g/mol. The number of hydrogen-bond donors (Lipinski definition) is 2. The van der Waals surface area contributed by atoms with Gasteiger partial charge < -0.3 is 5.11 Å². The molecule has 1 atom stereocenters. The van der Waals surface area contributed by atoms with Gasteiger partial charge in [-0.3, -0.25) is 0 Å².